The lowest BCUT2D eigenvalue weighted by Crippen LogP contribution is -2.64. The first kappa shape index (κ1) is 21.7. The zero-order valence-corrected chi connectivity index (χ0v) is 20.2. The molecule has 3 aromatic rings. The number of methoxy groups -OCH3 is 1. The van der Waals surface area contributed by atoms with E-state index >= 15 is 0 Å². The van der Waals surface area contributed by atoms with Crippen LogP contribution in [-0.4, -0.2) is 37.2 Å². The molecule has 4 heteroatoms. The van der Waals surface area contributed by atoms with Crippen LogP contribution >= 0.6 is 15.9 Å². The molecule has 2 unspecified atom stereocenters. The van der Waals surface area contributed by atoms with E-state index in [-0.39, 0.29) is 0 Å². The summed E-state index contributed by atoms with van der Waals surface area (Å²) in [6, 6.07) is 29.3. The number of hydrogen-bond acceptors (Lipinski definition) is 3. The molecule has 0 amide bonds. The summed E-state index contributed by atoms with van der Waals surface area (Å²) in [7, 11) is 1.75. The zero-order chi connectivity index (χ0) is 21.9. The van der Waals surface area contributed by atoms with E-state index in [4.69, 9.17) is 4.74 Å². The van der Waals surface area contributed by atoms with Crippen LogP contribution in [-0.2, 0) is 6.54 Å². The monoisotopic (exact) mass is 490 g/mol. The van der Waals surface area contributed by atoms with Gasteiger partial charge in [0.25, 0.3) is 0 Å². The van der Waals surface area contributed by atoms with E-state index in [9.17, 15) is 0 Å². The highest BCUT2D eigenvalue weighted by Gasteiger charge is 2.46. The Morgan fingerprint density at radius 1 is 0.938 bits per heavy atom. The highest BCUT2D eigenvalue weighted by Crippen LogP contribution is 2.42. The van der Waals surface area contributed by atoms with Crippen LogP contribution in [0.5, 0.6) is 5.75 Å². The first-order valence-corrected chi connectivity index (χ1v) is 12.4. The highest BCUT2D eigenvalue weighted by atomic mass is 79.9. The van der Waals surface area contributed by atoms with Gasteiger partial charge >= 0.3 is 0 Å². The average Bonchev–Trinajstić information content (AvgIpc) is 2.85. The molecular formula is C28H31BrN2O. The van der Waals surface area contributed by atoms with Crippen molar-refractivity contribution in [2.75, 3.05) is 20.2 Å². The second-order valence-electron chi connectivity index (χ2n) is 9.03. The Kier molecular flexibility index (Phi) is 6.63. The molecule has 32 heavy (non-hydrogen) atoms. The van der Waals surface area contributed by atoms with E-state index in [0.29, 0.717) is 23.9 Å². The molecule has 3 saturated heterocycles. The first-order chi connectivity index (χ1) is 15.7. The van der Waals surface area contributed by atoms with Crippen molar-refractivity contribution >= 4 is 15.9 Å². The van der Waals surface area contributed by atoms with Crippen molar-refractivity contribution in [1.82, 2.24) is 10.2 Å². The van der Waals surface area contributed by atoms with Crippen molar-refractivity contribution in [3.05, 3.63) is 100 Å². The molecule has 3 nitrogen and oxygen atoms in total. The molecule has 3 fully saturated rings. The Balaban J connectivity index is 1.49. The normalized spacial score (nSPS) is 24.6. The third-order valence-corrected chi connectivity index (χ3v) is 7.79. The van der Waals surface area contributed by atoms with Gasteiger partial charge in [-0.15, -0.1) is 0 Å². The molecule has 1 N–H and O–H groups in total. The van der Waals surface area contributed by atoms with Crippen LogP contribution in [0, 0.1) is 5.92 Å². The van der Waals surface area contributed by atoms with E-state index < -0.39 is 0 Å². The van der Waals surface area contributed by atoms with Crippen molar-refractivity contribution in [3.8, 4) is 5.75 Å². The Labute approximate surface area is 199 Å². The molecule has 0 aliphatic carbocycles. The number of ether oxygens (including phenoxy) is 1. The quantitative estimate of drug-likeness (QED) is 0.449. The molecule has 0 saturated carbocycles. The lowest BCUT2D eigenvalue weighted by Gasteiger charge is -2.54. The summed E-state index contributed by atoms with van der Waals surface area (Å²) >= 11 is 3.63. The van der Waals surface area contributed by atoms with Crippen molar-refractivity contribution in [2.24, 2.45) is 5.92 Å². The number of piperidine rings is 3. The van der Waals surface area contributed by atoms with Crippen LogP contribution in [0.25, 0.3) is 0 Å². The summed E-state index contributed by atoms with van der Waals surface area (Å²) in [5.41, 5.74) is 4.01. The Bertz CT molecular complexity index is 979. The number of nitrogens with one attached hydrogen (secondary N) is 1. The standard InChI is InChI=1S/C28H31BrN2O/c1-32-25-13-12-24(29)18-23(25)19-30-27-22-14-16-31(17-15-22)28(27)26(20-8-4-2-5-9-20)21-10-6-3-7-11-21/h2-13,18,22,26-28,30H,14-17,19H2,1H3. The minimum Gasteiger partial charge on any atom is -0.496 e. The molecule has 3 aromatic carbocycles. The number of rotatable bonds is 7. The predicted molar refractivity (Wildman–Crippen MR) is 134 cm³/mol. The molecule has 2 bridgehead atoms. The molecule has 3 aliphatic rings. The summed E-state index contributed by atoms with van der Waals surface area (Å²) in [5.74, 6) is 2.00. The maximum atomic E-state index is 5.64. The van der Waals surface area contributed by atoms with E-state index in [1.54, 1.807) is 7.11 Å². The lowest BCUT2D eigenvalue weighted by molar-refractivity contribution is 0.00462. The second kappa shape index (κ2) is 9.78. The third-order valence-electron chi connectivity index (χ3n) is 7.30. The summed E-state index contributed by atoms with van der Waals surface area (Å²) in [4.78, 5) is 2.74. The molecule has 6 rings (SSSR count). The summed E-state index contributed by atoms with van der Waals surface area (Å²) < 4.78 is 6.73. The van der Waals surface area contributed by atoms with E-state index in [0.717, 1.165) is 16.8 Å². The van der Waals surface area contributed by atoms with Gasteiger partial charge in [-0.25, -0.2) is 0 Å². The topological polar surface area (TPSA) is 24.5 Å². The minimum atomic E-state index is 0.349. The fourth-order valence-electron chi connectivity index (χ4n) is 5.81. The van der Waals surface area contributed by atoms with Gasteiger partial charge in [-0.1, -0.05) is 76.6 Å². The number of fused-ring (bicyclic) bond motifs is 3. The maximum absolute atomic E-state index is 5.64. The van der Waals surface area contributed by atoms with Gasteiger partial charge in [-0.05, 0) is 61.2 Å². The molecule has 0 radical (unpaired) electrons. The summed E-state index contributed by atoms with van der Waals surface area (Å²) in [6.45, 7) is 3.21. The van der Waals surface area contributed by atoms with Gasteiger partial charge in [-0.2, -0.15) is 0 Å². The molecule has 3 heterocycles. The van der Waals surface area contributed by atoms with Gasteiger partial charge in [0.05, 0.1) is 7.11 Å². The SMILES string of the molecule is COc1ccc(Br)cc1CNC1C2CCN(CC2)C1C(c1ccccc1)c1ccccc1. The molecule has 2 atom stereocenters. The minimum absolute atomic E-state index is 0.349. The molecule has 3 aliphatic heterocycles. The highest BCUT2D eigenvalue weighted by molar-refractivity contribution is 9.10. The largest absolute Gasteiger partial charge is 0.496 e. The third kappa shape index (κ3) is 4.36. The van der Waals surface area contributed by atoms with Gasteiger partial charge in [-0.3, -0.25) is 4.90 Å². The fraction of sp³-hybridized carbons (Fsp3) is 0.357. The zero-order valence-electron chi connectivity index (χ0n) is 18.6. The Hall–Kier alpha value is -2.14. The van der Waals surface area contributed by atoms with Crippen LogP contribution in [0.1, 0.15) is 35.4 Å². The number of benzene rings is 3. The smallest absolute Gasteiger partial charge is 0.123 e. The van der Waals surface area contributed by atoms with Gasteiger partial charge in [0, 0.05) is 34.6 Å². The number of hydrogen-bond donors (Lipinski definition) is 1. The van der Waals surface area contributed by atoms with E-state index in [2.05, 4.69) is 92.9 Å². The maximum Gasteiger partial charge on any atom is 0.123 e. The predicted octanol–water partition coefficient (Wildman–Crippen LogP) is 5.84. The number of halogens is 1. The summed E-state index contributed by atoms with van der Waals surface area (Å²) in [5, 5.41) is 4.00. The van der Waals surface area contributed by atoms with Crippen LogP contribution in [0.4, 0.5) is 0 Å². The van der Waals surface area contributed by atoms with E-state index in [1.807, 2.05) is 12.1 Å². The Morgan fingerprint density at radius 2 is 1.56 bits per heavy atom. The lowest BCUT2D eigenvalue weighted by atomic mass is 9.70. The summed E-state index contributed by atoms with van der Waals surface area (Å²) in [6.07, 6.45) is 2.56. The van der Waals surface area contributed by atoms with Crippen molar-refractivity contribution in [3.63, 3.8) is 0 Å². The van der Waals surface area contributed by atoms with Gasteiger partial charge in [0.1, 0.15) is 5.75 Å². The fourth-order valence-corrected chi connectivity index (χ4v) is 6.22. The van der Waals surface area contributed by atoms with Crippen molar-refractivity contribution < 1.29 is 4.74 Å². The first-order valence-electron chi connectivity index (χ1n) is 11.6. The molecule has 166 valence electrons. The second-order valence-corrected chi connectivity index (χ2v) is 9.94. The van der Waals surface area contributed by atoms with E-state index in [1.165, 1.54) is 42.6 Å². The Morgan fingerprint density at radius 3 is 2.16 bits per heavy atom. The van der Waals surface area contributed by atoms with Gasteiger partial charge in [0.15, 0.2) is 0 Å². The van der Waals surface area contributed by atoms with Crippen molar-refractivity contribution in [2.45, 2.75) is 37.4 Å². The van der Waals surface area contributed by atoms with Crippen LogP contribution in [0.2, 0.25) is 0 Å². The van der Waals surface area contributed by atoms with Gasteiger partial charge in [0.2, 0.25) is 0 Å². The van der Waals surface area contributed by atoms with Crippen LogP contribution in [0.15, 0.2) is 83.3 Å². The average molecular weight is 491 g/mol. The van der Waals surface area contributed by atoms with Crippen LogP contribution in [0.3, 0.4) is 0 Å². The molecule has 0 aromatic heterocycles. The molecule has 0 spiro atoms. The van der Waals surface area contributed by atoms with Crippen molar-refractivity contribution in [1.29, 1.82) is 0 Å². The van der Waals surface area contributed by atoms with Crippen LogP contribution < -0.4 is 10.1 Å². The van der Waals surface area contributed by atoms with Gasteiger partial charge < -0.3 is 10.1 Å². The molecular weight excluding hydrogens is 460 g/mol. The number of nitrogens with zero attached hydrogens (tertiary/aromatic N) is 1.